The Balaban J connectivity index is 2.13. The van der Waals surface area contributed by atoms with E-state index in [1.807, 2.05) is 0 Å². The molecule has 4 atom stereocenters. The Labute approximate surface area is 112 Å². The molecule has 106 valence electrons. The lowest BCUT2D eigenvalue weighted by atomic mass is 10.0. The number of aromatic amines is 1. The number of H-pyrrole nitrogens is 1. The second-order valence-electron chi connectivity index (χ2n) is 4.09. The average Bonchev–Trinajstić information content (AvgIpc) is 2.39. The van der Waals surface area contributed by atoms with Crippen LogP contribution in [0.1, 0.15) is 0 Å². The van der Waals surface area contributed by atoms with Gasteiger partial charge in [-0.25, -0.2) is 4.98 Å². The third kappa shape index (κ3) is 3.25. The van der Waals surface area contributed by atoms with Gasteiger partial charge in [-0.1, -0.05) is 11.8 Å². The predicted octanol–water partition coefficient (Wildman–Crippen LogP) is -1.66. The molecule has 1 aromatic rings. The van der Waals surface area contributed by atoms with Gasteiger partial charge in [-0.15, -0.1) is 0 Å². The summed E-state index contributed by atoms with van der Waals surface area (Å²) >= 11 is 1.26. The molecule has 2 rings (SSSR count). The minimum atomic E-state index is -1.32. The van der Waals surface area contributed by atoms with Crippen molar-refractivity contribution in [1.29, 1.82) is 0 Å². The third-order valence-corrected chi connectivity index (χ3v) is 3.28. The number of nitrogens with zero attached hydrogens (tertiary/aromatic N) is 1. The van der Waals surface area contributed by atoms with E-state index in [0.717, 1.165) is 0 Å². The number of hydrogen-bond acceptors (Lipinski definition) is 8. The van der Waals surface area contributed by atoms with Crippen LogP contribution in [0, 0.1) is 0 Å². The van der Waals surface area contributed by atoms with E-state index in [-0.39, 0.29) is 18.0 Å². The Bertz CT molecular complexity index is 496. The molecule has 0 spiro atoms. The van der Waals surface area contributed by atoms with E-state index in [9.17, 15) is 20.1 Å². The Morgan fingerprint density at radius 3 is 2.89 bits per heavy atom. The highest BCUT2D eigenvalue weighted by molar-refractivity contribution is 7.98. The van der Waals surface area contributed by atoms with Gasteiger partial charge in [-0.3, -0.25) is 4.79 Å². The Morgan fingerprint density at radius 1 is 1.47 bits per heavy atom. The monoisotopic (exact) mass is 289 g/mol. The summed E-state index contributed by atoms with van der Waals surface area (Å²) in [6.45, 7) is -0.117. The van der Waals surface area contributed by atoms with Crippen LogP contribution in [-0.2, 0) is 4.74 Å². The van der Waals surface area contributed by atoms with Gasteiger partial charge in [-0.2, -0.15) is 0 Å². The van der Waals surface area contributed by atoms with Gasteiger partial charge in [-0.05, 0) is 6.26 Å². The van der Waals surface area contributed by atoms with Gasteiger partial charge < -0.3 is 30.4 Å². The summed E-state index contributed by atoms with van der Waals surface area (Å²) in [7, 11) is 0. The molecular formula is C10H15N3O5S. The lowest BCUT2D eigenvalue weighted by Gasteiger charge is -2.35. The molecule has 0 aromatic carbocycles. The van der Waals surface area contributed by atoms with Crippen LogP contribution in [0.25, 0.3) is 0 Å². The summed E-state index contributed by atoms with van der Waals surface area (Å²) in [6, 6.07) is 1.22. The summed E-state index contributed by atoms with van der Waals surface area (Å²) in [6.07, 6.45) is -2.95. The molecule has 0 aliphatic carbocycles. The number of aromatic nitrogens is 2. The fraction of sp³-hybridized carbons (Fsp3) is 0.600. The highest BCUT2D eigenvalue weighted by Crippen LogP contribution is 2.17. The fourth-order valence-corrected chi connectivity index (χ4v) is 2.08. The second kappa shape index (κ2) is 5.88. The Hall–Kier alpha value is -1.13. The normalized spacial score (nSPS) is 31.2. The van der Waals surface area contributed by atoms with Crippen LogP contribution >= 0.6 is 11.8 Å². The topological polar surface area (TPSA) is 128 Å². The van der Waals surface area contributed by atoms with Gasteiger partial charge in [0.25, 0.3) is 5.56 Å². The molecule has 1 aromatic heterocycles. The number of ether oxygens (including phenoxy) is 1. The summed E-state index contributed by atoms with van der Waals surface area (Å²) in [5.74, 6) is 0.223. The maximum atomic E-state index is 11.4. The lowest BCUT2D eigenvalue weighted by molar-refractivity contribution is -0.178. The van der Waals surface area contributed by atoms with Crippen LogP contribution < -0.4 is 10.9 Å². The third-order valence-electron chi connectivity index (χ3n) is 2.70. The van der Waals surface area contributed by atoms with Crippen molar-refractivity contribution >= 4 is 17.6 Å². The van der Waals surface area contributed by atoms with E-state index >= 15 is 0 Å². The first-order chi connectivity index (χ1) is 9.01. The number of thioether (sulfide) groups is 1. The van der Waals surface area contributed by atoms with Crippen molar-refractivity contribution in [2.24, 2.45) is 0 Å². The van der Waals surface area contributed by atoms with Gasteiger partial charge in [0.15, 0.2) is 11.4 Å². The first-order valence-electron chi connectivity index (χ1n) is 5.59. The largest absolute Gasteiger partial charge is 0.388 e. The molecule has 9 heteroatoms. The molecular weight excluding hydrogens is 274 g/mol. The van der Waals surface area contributed by atoms with Crippen molar-refractivity contribution in [2.75, 3.05) is 18.2 Å². The highest BCUT2D eigenvalue weighted by atomic mass is 32.2. The van der Waals surface area contributed by atoms with Crippen LogP contribution in [0.5, 0.6) is 0 Å². The van der Waals surface area contributed by atoms with Crippen LogP contribution in [0.15, 0.2) is 16.0 Å². The fourth-order valence-electron chi connectivity index (χ4n) is 1.68. The first-order valence-corrected chi connectivity index (χ1v) is 6.81. The molecule has 19 heavy (non-hydrogen) atoms. The van der Waals surface area contributed by atoms with Gasteiger partial charge in [0.05, 0.1) is 6.61 Å². The summed E-state index contributed by atoms with van der Waals surface area (Å²) in [5, 5.41) is 31.7. The van der Waals surface area contributed by atoms with Crippen molar-refractivity contribution < 1.29 is 20.1 Å². The SMILES string of the molecule is CSc1nc(NC2OCC(O)C(O)C2O)cc(=O)[nH]1. The van der Waals surface area contributed by atoms with Crippen molar-refractivity contribution in [2.45, 2.75) is 29.7 Å². The van der Waals surface area contributed by atoms with Crippen molar-refractivity contribution in [3.63, 3.8) is 0 Å². The van der Waals surface area contributed by atoms with Gasteiger partial charge in [0.1, 0.15) is 24.1 Å². The molecule has 4 unspecified atom stereocenters. The van der Waals surface area contributed by atoms with Crippen molar-refractivity contribution in [3.05, 3.63) is 16.4 Å². The highest BCUT2D eigenvalue weighted by Gasteiger charge is 2.37. The van der Waals surface area contributed by atoms with E-state index in [1.54, 1.807) is 6.26 Å². The van der Waals surface area contributed by atoms with Crippen LogP contribution in [-0.4, -0.2) is 62.7 Å². The van der Waals surface area contributed by atoms with Crippen LogP contribution in [0.4, 0.5) is 5.82 Å². The van der Waals surface area contributed by atoms with E-state index in [1.165, 1.54) is 17.8 Å². The molecule has 2 heterocycles. The minimum absolute atomic E-state index is 0.117. The number of anilines is 1. The molecule has 0 amide bonds. The van der Waals surface area contributed by atoms with Gasteiger partial charge in [0.2, 0.25) is 0 Å². The lowest BCUT2D eigenvalue weighted by Crippen LogP contribution is -2.55. The number of nitrogens with one attached hydrogen (secondary N) is 2. The smallest absolute Gasteiger partial charge is 0.253 e. The summed E-state index contributed by atoms with van der Waals surface area (Å²) < 4.78 is 5.16. The molecule has 1 fully saturated rings. The Kier molecular flexibility index (Phi) is 4.42. The molecule has 5 N–H and O–H groups in total. The molecule has 0 radical (unpaired) electrons. The second-order valence-corrected chi connectivity index (χ2v) is 4.88. The molecule has 1 saturated heterocycles. The number of rotatable bonds is 3. The maximum absolute atomic E-state index is 11.4. The quantitative estimate of drug-likeness (QED) is 0.330. The van der Waals surface area contributed by atoms with Crippen molar-refractivity contribution in [3.8, 4) is 0 Å². The minimum Gasteiger partial charge on any atom is -0.388 e. The zero-order valence-electron chi connectivity index (χ0n) is 10.1. The van der Waals surface area contributed by atoms with E-state index in [2.05, 4.69) is 15.3 Å². The van der Waals surface area contributed by atoms with E-state index in [4.69, 9.17) is 4.74 Å². The molecule has 1 aliphatic rings. The number of aliphatic hydroxyl groups is 3. The van der Waals surface area contributed by atoms with E-state index in [0.29, 0.717) is 5.16 Å². The zero-order valence-corrected chi connectivity index (χ0v) is 10.9. The van der Waals surface area contributed by atoms with Crippen molar-refractivity contribution in [1.82, 2.24) is 9.97 Å². The average molecular weight is 289 g/mol. The molecule has 8 nitrogen and oxygen atoms in total. The zero-order chi connectivity index (χ0) is 14.0. The Morgan fingerprint density at radius 2 is 2.21 bits per heavy atom. The maximum Gasteiger partial charge on any atom is 0.253 e. The number of aliphatic hydroxyl groups excluding tert-OH is 3. The summed E-state index contributed by atoms with van der Waals surface area (Å²) in [5.41, 5.74) is -0.340. The molecule has 0 saturated carbocycles. The molecule has 0 bridgehead atoms. The predicted molar refractivity (Wildman–Crippen MR) is 68.0 cm³/mol. The van der Waals surface area contributed by atoms with E-state index < -0.39 is 24.5 Å². The molecule has 1 aliphatic heterocycles. The standard InChI is InChI=1S/C10H15N3O5S/c1-19-10-12-5(2-6(15)13-10)11-9-8(17)7(16)4(14)3-18-9/h2,4,7-9,14,16-17H,3H2,1H3,(H2,11,12,13,15). The van der Waals surface area contributed by atoms with Crippen LogP contribution in [0.2, 0.25) is 0 Å². The van der Waals surface area contributed by atoms with Crippen LogP contribution in [0.3, 0.4) is 0 Å². The van der Waals surface area contributed by atoms with Gasteiger partial charge >= 0.3 is 0 Å². The first kappa shape index (κ1) is 14.3. The summed E-state index contributed by atoms with van der Waals surface area (Å²) in [4.78, 5) is 18.0. The number of hydrogen-bond donors (Lipinski definition) is 5. The van der Waals surface area contributed by atoms with Gasteiger partial charge in [0, 0.05) is 6.07 Å².